The lowest BCUT2D eigenvalue weighted by molar-refractivity contribution is -0.0203. The van der Waals surface area contributed by atoms with Crippen molar-refractivity contribution in [1.82, 2.24) is 19.9 Å². The number of nitrogens with zero attached hydrogens (tertiary/aromatic N) is 4. The van der Waals surface area contributed by atoms with Crippen LogP contribution in [0.2, 0.25) is 0 Å². The van der Waals surface area contributed by atoms with Crippen molar-refractivity contribution in [3.05, 3.63) is 60.0 Å². The minimum atomic E-state index is -0.745. The lowest BCUT2D eigenvalue weighted by Gasteiger charge is -2.37. The summed E-state index contributed by atoms with van der Waals surface area (Å²) in [4.78, 5) is 14.2. The fraction of sp³-hybridized carbons (Fsp3) is 0.261. The van der Waals surface area contributed by atoms with Gasteiger partial charge in [0.05, 0.1) is 17.3 Å². The standard InChI is InChI=1S/C23H21N5O/c1-28-8-6-23(29,7-9-28)17-4-2-15(3-5-17)16-10-20-19-11-18(12-24)25-14-21(19)27-22(20)26-13-16/h2-5,10-11,13-14,29H,6-9H2,1H3,(H,26,27). The Morgan fingerprint density at radius 2 is 1.79 bits per heavy atom. The fourth-order valence-corrected chi connectivity index (χ4v) is 4.14. The number of hydrogen-bond donors (Lipinski definition) is 2. The summed E-state index contributed by atoms with van der Waals surface area (Å²) in [7, 11) is 2.09. The molecule has 0 unspecified atom stereocenters. The first kappa shape index (κ1) is 17.8. The van der Waals surface area contributed by atoms with Crippen molar-refractivity contribution in [2.24, 2.45) is 0 Å². The maximum absolute atomic E-state index is 11.0. The molecule has 1 aliphatic heterocycles. The summed E-state index contributed by atoms with van der Waals surface area (Å²) >= 11 is 0. The summed E-state index contributed by atoms with van der Waals surface area (Å²) < 4.78 is 0. The maximum Gasteiger partial charge on any atom is 0.141 e. The van der Waals surface area contributed by atoms with Crippen molar-refractivity contribution >= 4 is 21.9 Å². The number of hydrogen-bond acceptors (Lipinski definition) is 5. The van der Waals surface area contributed by atoms with Crippen LogP contribution in [0.3, 0.4) is 0 Å². The van der Waals surface area contributed by atoms with E-state index in [0.29, 0.717) is 5.69 Å². The normalized spacial score (nSPS) is 16.9. The minimum absolute atomic E-state index is 0.388. The van der Waals surface area contributed by atoms with E-state index in [1.54, 1.807) is 12.3 Å². The zero-order valence-electron chi connectivity index (χ0n) is 16.2. The molecule has 0 bridgehead atoms. The van der Waals surface area contributed by atoms with Crippen molar-refractivity contribution in [3.63, 3.8) is 0 Å². The Bertz CT molecular complexity index is 1240. The number of aromatic nitrogens is 3. The summed E-state index contributed by atoms with van der Waals surface area (Å²) in [5.74, 6) is 0. The third kappa shape index (κ3) is 3.05. The van der Waals surface area contributed by atoms with Crippen molar-refractivity contribution < 1.29 is 5.11 Å². The van der Waals surface area contributed by atoms with Crippen LogP contribution in [0.4, 0.5) is 0 Å². The van der Waals surface area contributed by atoms with Crippen LogP contribution in [0.5, 0.6) is 0 Å². The summed E-state index contributed by atoms with van der Waals surface area (Å²) in [6.07, 6.45) is 5.02. The van der Waals surface area contributed by atoms with Gasteiger partial charge in [-0.3, -0.25) is 0 Å². The molecule has 0 saturated carbocycles. The molecule has 6 nitrogen and oxygen atoms in total. The smallest absolute Gasteiger partial charge is 0.141 e. The van der Waals surface area contributed by atoms with Gasteiger partial charge in [-0.15, -0.1) is 0 Å². The van der Waals surface area contributed by atoms with E-state index < -0.39 is 5.60 Å². The van der Waals surface area contributed by atoms with E-state index in [2.05, 4.69) is 39.0 Å². The van der Waals surface area contributed by atoms with Gasteiger partial charge in [-0.05, 0) is 43.1 Å². The molecule has 29 heavy (non-hydrogen) atoms. The van der Waals surface area contributed by atoms with Crippen LogP contribution in [-0.4, -0.2) is 45.1 Å². The van der Waals surface area contributed by atoms with Crippen molar-refractivity contribution in [2.75, 3.05) is 20.1 Å². The molecule has 0 radical (unpaired) electrons. The fourth-order valence-electron chi connectivity index (χ4n) is 4.14. The van der Waals surface area contributed by atoms with Gasteiger partial charge in [0, 0.05) is 35.6 Å². The Hall–Kier alpha value is -3.27. The Morgan fingerprint density at radius 3 is 2.52 bits per heavy atom. The number of H-pyrrole nitrogens is 1. The predicted molar refractivity (Wildman–Crippen MR) is 112 cm³/mol. The zero-order chi connectivity index (χ0) is 20.0. The molecule has 6 heteroatoms. The molecule has 144 valence electrons. The Balaban J connectivity index is 1.52. The van der Waals surface area contributed by atoms with Gasteiger partial charge < -0.3 is 15.0 Å². The second kappa shape index (κ2) is 6.66. The van der Waals surface area contributed by atoms with Crippen molar-refractivity contribution in [2.45, 2.75) is 18.4 Å². The van der Waals surface area contributed by atoms with Crippen LogP contribution in [0.25, 0.3) is 33.1 Å². The van der Waals surface area contributed by atoms with Gasteiger partial charge >= 0.3 is 0 Å². The number of nitriles is 1. The molecule has 2 N–H and O–H groups in total. The van der Waals surface area contributed by atoms with Crippen molar-refractivity contribution in [1.29, 1.82) is 5.26 Å². The summed E-state index contributed by atoms with van der Waals surface area (Å²) in [5.41, 5.74) is 4.30. The van der Waals surface area contributed by atoms with Crippen LogP contribution in [0, 0.1) is 11.3 Å². The molecular formula is C23H21N5O. The summed E-state index contributed by atoms with van der Waals surface area (Å²) in [5, 5.41) is 22.1. The SMILES string of the molecule is CN1CCC(O)(c2ccc(-c3cnc4[nH]c5cnc(C#N)cc5c4c3)cc2)CC1. The van der Waals surface area contributed by atoms with Crippen LogP contribution < -0.4 is 0 Å². The highest BCUT2D eigenvalue weighted by molar-refractivity contribution is 6.06. The average Bonchev–Trinajstić information content (AvgIpc) is 3.13. The van der Waals surface area contributed by atoms with Crippen LogP contribution in [0.15, 0.2) is 48.8 Å². The highest BCUT2D eigenvalue weighted by Gasteiger charge is 2.32. The highest BCUT2D eigenvalue weighted by Crippen LogP contribution is 2.34. The van der Waals surface area contributed by atoms with Gasteiger partial charge in [0.25, 0.3) is 0 Å². The van der Waals surface area contributed by atoms with Gasteiger partial charge in [0.15, 0.2) is 0 Å². The van der Waals surface area contributed by atoms with Crippen molar-refractivity contribution in [3.8, 4) is 17.2 Å². The third-order valence-corrected chi connectivity index (χ3v) is 6.02. The molecule has 4 aromatic rings. The first-order chi connectivity index (χ1) is 14.1. The largest absolute Gasteiger partial charge is 0.385 e. The number of fused-ring (bicyclic) bond motifs is 3. The van der Waals surface area contributed by atoms with E-state index in [-0.39, 0.29) is 0 Å². The minimum Gasteiger partial charge on any atom is -0.385 e. The van der Waals surface area contributed by atoms with E-state index >= 15 is 0 Å². The van der Waals surface area contributed by atoms with Gasteiger partial charge in [0.1, 0.15) is 17.4 Å². The van der Waals surface area contributed by atoms with E-state index in [1.165, 1.54) is 0 Å². The van der Waals surface area contributed by atoms with Crippen LogP contribution in [0.1, 0.15) is 24.1 Å². The second-order valence-electron chi connectivity index (χ2n) is 7.88. The molecule has 0 amide bonds. The molecule has 0 atom stereocenters. The molecule has 1 saturated heterocycles. The molecule has 1 aromatic carbocycles. The lowest BCUT2D eigenvalue weighted by Crippen LogP contribution is -2.40. The average molecular weight is 383 g/mol. The number of likely N-dealkylation sites (tertiary alicyclic amines) is 1. The van der Waals surface area contributed by atoms with E-state index in [4.69, 9.17) is 5.26 Å². The highest BCUT2D eigenvalue weighted by atomic mass is 16.3. The monoisotopic (exact) mass is 383 g/mol. The molecule has 3 aromatic heterocycles. The lowest BCUT2D eigenvalue weighted by atomic mass is 9.84. The van der Waals surface area contributed by atoms with Gasteiger partial charge in [-0.25, -0.2) is 9.97 Å². The molecule has 0 aliphatic carbocycles. The van der Waals surface area contributed by atoms with Crippen LogP contribution in [-0.2, 0) is 5.60 Å². The topological polar surface area (TPSA) is 88.8 Å². The molecule has 1 fully saturated rings. The number of aliphatic hydroxyl groups is 1. The predicted octanol–water partition coefficient (Wildman–Crippen LogP) is 3.56. The molecule has 0 spiro atoms. The Labute approximate surface area is 168 Å². The van der Waals surface area contributed by atoms with E-state index in [9.17, 15) is 5.11 Å². The molecule has 5 rings (SSSR count). The number of benzene rings is 1. The number of pyridine rings is 2. The summed E-state index contributed by atoms with van der Waals surface area (Å²) in [6, 6.07) is 14.1. The Morgan fingerprint density at radius 1 is 1.03 bits per heavy atom. The van der Waals surface area contributed by atoms with Gasteiger partial charge in [0.2, 0.25) is 0 Å². The number of piperidine rings is 1. The molecule has 1 aliphatic rings. The number of aromatic amines is 1. The second-order valence-corrected chi connectivity index (χ2v) is 7.88. The van der Waals surface area contributed by atoms with E-state index in [1.807, 2.05) is 30.5 Å². The van der Waals surface area contributed by atoms with Crippen LogP contribution >= 0.6 is 0 Å². The third-order valence-electron chi connectivity index (χ3n) is 6.02. The van der Waals surface area contributed by atoms with E-state index in [0.717, 1.165) is 64.6 Å². The summed E-state index contributed by atoms with van der Waals surface area (Å²) in [6.45, 7) is 1.80. The Kier molecular flexibility index (Phi) is 4.09. The number of rotatable bonds is 2. The first-order valence-electron chi connectivity index (χ1n) is 9.75. The number of nitrogens with one attached hydrogen (secondary N) is 1. The molecular weight excluding hydrogens is 362 g/mol. The quantitative estimate of drug-likeness (QED) is 0.552. The van der Waals surface area contributed by atoms with Gasteiger partial charge in [-0.1, -0.05) is 24.3 Å². The zero-order valence-corrected chi connectivity index (χ0v) is 16.2. The maximum atomic E-state index is 11.0. The van der Waals surface area contributed by atoms with Gasteiger partial charge in [-0.2, -0.15) is 5.26 Å². The molecule has 4 heterocycles. The first-order valence-corrected chi connectivity index (χ1v) is 9.75.